The fourth-order valence-electron chi connectivity index (χ4n) is 2.51. The molecule has 0 fully saturated rings. The molecule has 2 aromatic rings. The highest BCUT2D eigenvalue weighted by Crippen LogP contribution is 2.39. The van der Waals surface area contributed by atoms with E-state index >= 15 is 0 Å². The number of hydrogen-bond donors (Lipinski definition) is 3. The first kappa shape index (κ1) is 16.0. The number of anilines is 1. The normalized spacial score (nSPS) is 12.7. The van der Waals surface area contributed by atoms with E-state index in [0.717, 1.165) is 41.0 Å². The van der Waals surface area contributed by atoms with Crippen LogP contribution in [0.2, 0.25) is 4.34 Å². The van der Waals surface area contributed by atoms with Gasteiger partial charge in [-0.25, -0.2) is 4.79 Å². The molecule has 3 rings (SSSR count). The van der Waals surface area contributed by atoms with Crippen LogP contribution < -0.4 is 16.4 Å². The maximum absolute atomic E-state index is 12.3. The van der Waals surface area contributed by atoms with Gasteiger partial charge in [0.2, 0.25) is 0 Å². The maximum Gasteiger partial charge on any atom is 0.319 e. The number of hydrogen-bond acceptors (Lipinski definition) is 5. The number of fused-ring (bicyclic) bond motifs is 1. The summed E-state index contributed by atoms with van der Waals surface area (Å²) < 4.78 is 0.510. The highest BCUT2D eigenvalue weighted by molar-refractivity contribution is 7.18. The zero-order valence-electron chi connectivity index (χ0n) is 11.8. The Morgan fingerprint density at radius 3 is 2.57 bits per heavy atom. The van der Waals surface area contributed by atoms with Gasteiger partial charge in [0.15, 0.2) is 0 Å². The molecule has 1 aliphatic rings. The summed E-state index contributed by atoms with van der Waals surface area (Å²) in [7, 11) is 0. The molecular weight excluding hydrogens is 358 g/mol. The van der Waals surface area contributed by atoms with Crippen molar-refractivity contribution in [3.8, 4) is 0 Å². The van der Waals surface area contributed by atoms with Crippen LogP contribution in [0.3, 0.4) is 0 Å². The van der Waals surface area contributed by atoms with E-state index in [0.29, 0.717) is 19.8 Å². The molecule has 4 amide bonds. The van der Waals surface area contributed by atoms with Gasteiger partial charge in [-0.05, 0) is 37.0 Å². The summed E-state index contributed by atoms with van der Waals surface area (Å²) in [5.74, 6) is -0.925. The van der Waals surface area contributed by atoms with E-state index in [1.807, 2.05) is 0 Å². The van der Waals surface area contributed by atoms with Crippen molar-refractivity contribution >= 4 is 57.1 Å². The maximum atomic E-state index is 12.3. The summed E-state index contributed by atoms with van der Waals surface area (Å²) in [6.45, 7) is 0. The molecule has 23 heavy (non-hydrogen) atoms. The molecule has 0 saturated heterocycles. The fourth-order valence-corrected chi connectivity index (χ4v) is 4.73. The number of imide groups is 1. The molecular formula is C14H12ClN3O3S2. The van der Waals surface area contributed by atoms with Crippen molar-refractivity contribution in [3.63, 3.8) is 0 Å². The van der Waals surface area contributed by atoms with Crippen LogP contribution >= 0.6 is 34.3 Å². The van der Waals surface area contributed by atoms with Crippen LogP contribution in [0.1, 0.15) is 36.9 Å². The molecule has 6 nitrogen and oxygen atoms in total. The van der Waals surface area contributed by atoms with Crippen molar-refractivity contribution in [1.29, 1.82) is 0 Å². The molecule has 0 aromatic carbocycles. The van der Waals surface area contributed by atoms with Gasteiger partial charge in [-0.2, -0.15) is 0 Å². The number of primary amides is 1. The number of carbonyl (C=O) groups excluding carboxylic acids is 3. The minimum absolute atomic E-state index is 0.331. The number of thiophene rings is 2. The number of aryl methyl sites for hydroxylation is 1. The Bertz CT molecular complexity index is 812. The third kappa shape index (κ3) is 3.24. The number of amides is 4. The van der Waals surface area contributed by atoms with Gasteiger partial charge >= 0.3 is 6.03 Å². The number of halogens is 1. The molecule has 0 radical (unpaired) electrons. The molecule has 4 N–H and O–H groups in total. The summed E-state index contributed by atoms with van der Waals surface area (Å²) in [6, 6.07) is 2.33. The van der Waals surface area contributed by atoms with E-state index < -0.39 is 11.9 Å². The highest BCUT2D eigenvalue weighted by Gasteiger charge is 2.28. The Morgan fingerprint density at radius 1 is 1.13 bits per heavy atom. The van der Waals surface area contributed by atoms with Crippen LogP contribution in [0.5, 0.6) is 0 Å². The highest BCUT2D eigenvalue weighted by atomic mass is 35.5. The van der Waals surface area contributed by atoms with Gasteiger partial charge in [-0.1, -0.05) is 11.6 Å². The van der Waals surface area contributed by atoms with Crippen LogP contribution in [0.4, 0.5) is 9.80 Å². The summed E-state index contributed by atoms with van der Waals surface area (Å²) in [6.07, 6.45) is 2.55. The van der Waals surface area contributed by atoms with Crippen molar-refractivity contribution < 1.29 is 14.4 Å². The van der Waals surface area contributed by atoms with Crippen LogP contribution in [0.25, 0.3) is 0 Å². The Balaban J connectivity index is 1.91. The van der Waals surface area contributed by atoms with E-state index in [4.69, 9.17) is 17.3 Å². The lowest BCUT2D eigenvalue weighted by molar-refractivity contribution is 0.0966. The molecule has 0 unspecified atom stereocenters. The van der Waals surface area contributed by atoms with Gasteiger partial charge in [0.05, 0.1) is 14.8 Å². The lowest BCUT2D eigenvalue weighted by Crippen LogP contribution is -2.35. The predicted octanol–water partition coefficient (Wildman–Crippen LogP) is 3.01. The average Bonchev–Trinajstić information content (AvgIpc) is 3.12. The quantitative estimate of drug-likeness (QED) is 0.775. The molecule has 0 bridgehead atoms. The van der Waals surface area contributed by atoms with Gasteiger partial charge in [-0.3, -0.25) is 14.9 Å². The second-order valence-corrected chi connectivity index (χ2v) is 7.76. The van der Waals surface area contributed by atoms with Gasteiger partial charge in [0.25, 0.3) is 11.8 Å². The molecule has 2 aromatic heterocycles. The first-order chi connectivity index (χ1) is 11.0. The van der Waals surface area contributed by atoms with E-state index in [9.17, 15) is 14.4 Å². The lowest BCUT2D eigenvalue weighted by Gasteiger charge is -2.07. The second-order valence-electron chi connectivity index (χ2n) is 4.94. The molecule has 9 heteroatoms. The van der Waals surface area contributed by atoms with Gasteiger partial charge in [0.1, 0.15) is 5.00 Å². The zero-order chi connectivity index (χ0) is 16.6. The number of rotatable bonds is 3. The third-order valence-corrected chi connectivity index (χ3v) is 5.85. The zero-order valence-corrected chi connectivity index (χ0v) is 14.2. The Hall–Kier alpha value is -1.90. The van der Waals surface area contributed by atoms with Gasteiger partial charge in [0, 0.05) is 4.88 Å². The standard InChI is InChI=1S/C14H12ClN3O3S2/c15-9-5-4-8(22-9)11(19)17-13-10(12(20)18-14(16)21)6-2-1-3-7(6)23-13/h4-5H,1-3H2,(H,17,19)(H3,16,18,20,21). The molecule has 120 valence electrons. The summed E-state index contributed by atoms with van der Waals surface area (Å²) in [5.41, 5.74) is 6.24. The first-order valence-electron chi connectivity index (χ1n) is 6.77. The summed E-state index contributed by atoms with van der Waals surface area (Å²) in [5, 5.41) is 5.24. The predicted molar refractivity (Wildman–Crippen MR) is 90.7 cm³/mol. The van der Waals surface area contributed by atoms with Gasteiger partial charge in [-0.15, -0.1) is 22.7 Å². The number of urea groups is 1. The number of carbonyl (C=O) groups is 3. The van der Waals surface area contributed by atoms with E-state index in [1.165, 1.54) is 11.3 Å². The SMILES string of the molecule is NC(=O)NC(=O)c1c(NC(=O)c2ccc(Cl)s2)sc2c1CCC2. The number of nitrogens with one attached hydrogen (secondary N) is 2. The molecule has 0 atom stereocenters. The van der Waals surface area contributed by atoms with Crippen LogP contribution in [-0.4, -0.2) is 17.8 Å². The third-order valence-electron chi connectivity index (χ3n) is 3.41. The minimum Gasteiger partial charge on any atom is -0.351 e. The van der Waals surface area contributed by atoms with Crippen molar-refractivity contribution in [2.24, 2.45) is 5.73 Å². The number of nitrogens with two attached hydrogens (primary N) is 1. The van der Waals surface area contributed by atoms with Crippen LogP contribution in [0.15, 0.2) is 12.1 Å². The van der Waals surface area contributed by atoms with E-state index in [2.05, 4.69) is 10.6 Å². The average molecular weight is 370 g/mol. The molecule has 0 saturated carbocycles. The van der Waals surface area contributed by atoms with Crippen LogP contribution in [0, 0.1) is 0 Å². The molecule has 1 aliphatic carbocycles. The topological polar surface area (TPSA) is 101 Å². The van der Waals surface area contributed by atoms with E-state index in [1.54, 1.807) is 12.1 Å². The Morgan fingerprint density at radius 2 is 1.91 bits per heavy atom. The van der Waals surface area contributed by atoms with Crippen molar-refractivity contribution in [3.05, 3.63) is 37.4 Å². The lowest BCUT2D eigenvalue weighted by atomic mass is 10.1. The van der Waals surface area contributed by atoms with Gasteiger partial charge < -0.3 is 11.1 Å². The smallest absolute Gasteiger partial charge is 0.319 e. The first-order valence-corrected chi connectivity index (χ1v) is 8.79. The van der Waals surface area contributed by atoms with Crippen molar-refractivity contribution in [1.82, 2.24) is 5.32 Å². The second kappa shape index (κ2) is 6.31. The Labute approximate surface area is 144 Å². The molecule has 0 spiro atoms. The largest absolute Gasteiger partial charge is 0.351 e. The molecule has 0 aliphatic heterocycles. The van der Waals surface area contributed by atoms with Crippen LogP contribution in [-0.2, 0) is 12.8 Å². The minimum atomic E-state index is -0.921. The monoisotopic (exact) mass is 369 g/mol. The fraction of sp³-hybridized carbons (Fsp3) is 0.214. The summed E-state index contributed by atoms with van der Waals surface area (Å²) >= 11 is 8.35. The van der Waals surface area contributed by atoms with E-state index in [-0.39, 0.29) is 5.91 Å². The van der Waals surface area contributed by atoms with Crippen molar-refractivity contribution in [2.75, 3.05) is 5.32 Å². The summed E-state index contributed by atoms with van der Waals surface area (Å²) in [4.78, 5) is 37.0. The Kier molecular flexibility index (Phi) is 4.38. The van der Waals surface area contributed by atoms with Crippen molar-refractivity contribution in [2.45, 2.75) is 19.3 Å². The molecule has 2 heterocycles.